The number of hydrogen-bond acceptors (Lipinski definition) is 3. The molecule has 1 amide bonds. The van der Waals surface area contributed by atoms with E-state index in [1.54, 1.807) is 0 Å². The molecule has 0 unspecified atom stereocenters. The lowest BCUT2D eigenvalue weighted by Crippen LogP contribution is -2.30. The summed E-state index contributed by atoms with van der Waals surface area (Å²) in [7, 11) is 0. The average molecular weight is 309 g/mol. The second kappa shape index (κ2) is 5.26. The average Bonchev–Trinajstić information content (AvgIpc) is 3.04. The van der Waals surface area contributed by atoms with E-state index in [1.807, 2.05) is 49.5 Å². The van der Waals surface area contributed by atoms with Gasteiger partial charge >= 0.3 is 0 Å². The van der Waals surface area contributed by atoms with Crippen molar-refractivity contribution in [1.29, 1.82) is 0 Å². The molecule has 118 valence electrons. The fourth-order valence-corrected chi connectivity index (χ4v) is 3.24. The highest BCUT2D eigenvalue weighted by molar-refractivity contribution is 5.99. The first-order valence-electron chi connectivity index (χ1n) is 7.91. The maximum absolute atomic E-state index is 13.0. The Kier molecular flexibility index (Phi) is 3.22. The van der Waals surface area contributed by atoms with Gasteiger partial charge in [-0.05, 0) is 31.9 Å². The van der Waals surface area contributed by atoms with E-state index in [0.717, 1.165) is 47.3 Å². The molecule has 2 aromatic heterocycles. The topological polar surface area (TPSA) is 51.3 Å². The van der Waals surface area contributed by atoms with E-state index < -0.39 is 0 Å². The first kappa shape index (κ1) is 14.1. The van der Waals surface area contributed by atoms with Crippen molar-refractivity contribution >= 4 is 16.9 Å². The smallest absolute Gasteiger partial charge is 0.290 e. The number of aromatic nitrogens is 2. The molecule has 0 aliphatic carbocycles. The molecule has 5 nitrogen and oxygen atoms in total. The van der Waals surface area contributed by atoms with Crippen molar-refractivity contribution in [2.45, 2.75) is 33.4 Å². The van der Waals surface area contributed by atoms with Gasteiger partial charge in [0.25, 0.3) is 5.91 Å². The lowest BCUT2D eigenvalue weighted by Gasteiger charge is -2.18. The number of benzene rings is 1. The summed E-state index contributed by atoms with van der Waals surface area (Å²) < 4.78 is 8.00. The maximum atomic E-state index is 13.0. The van der Waals surface area contributed by atoms with Gasteiger partial charge in [0.15, 0.2) is 5.76 Å². The van der Waals surface area contributed by atoms with Crippen LogP contribution in [0.5, 0.6) is 0 Å². The third-order valence-electron chi connectivity index (χ3n) is 4.55. The van der Waals surface area contributed by atoms with Gasteiger partial charge in [-0.3, -0.25) is 4.79 Å². The summed E-state index contributed by atoms with van der Waals surface area (Å²) in [6.45, 7) is 6.19. The number of amides is 1. The van der Waals surface area contributed by atoms with E-state index in [0.29, 0.717) is 12.3 Å². The Morgan fingerprint density at radius 2 is 2.13 bits per heavy atom. The Bertz CT molecular complexity index is 891. The van der Waals surface area contributed by atoms with E-state index in [9.17, 15) is 4.79 Å². The molecule has 1 aliphatic heterocycles. The predicted molar refractivity (Wildman–Crippen MR) is 87.3 cm³/mol. The first-order chi connectivity index (χ1) is 11.1. The van der Waals surface area contributed by atoms with Crippen LogP contribution in [0.4, 0.5) is 0 Å². The summed E-state index contributed by atoms with van der Waals surface area (Å²) in [4.78, 5) is 19.0. The molecule has 5 heteroatoms. The van der Waals surface area contributed by atoms with E-state index in [2.05, 4.69) is 9.55 Å². The first-order valence-corrected chi connectivity index (χ1v) is 7.91. The summed E-state index contributed by atoms with van der Waals surface area (Å²) >= 11 is 0. The summed E-state index contributed by atoms with van der Waals surface area (Å²) in [5.74, 6) is 0.421. The van der Waals surface area contributed by atoms with Crippen LogP contribution < -0.4 is 0 Å². The number of hydrogen-bond donors (Lipinski definition) is 0. The van der Waals surface area contributed by atoms with Crippen LogP contribution in [-0.4, -0.2) is 26.9 Å². The molecule has 23 heavy (non-hydrogen) atoms. The monoisotopic (exact) mass is 309 g/mol. The van der Waals surface area contributed by atoms with Crippen LogP contribution in [0.3, 0.4) is 0 Å². The third-order valence-corrected chi connectivity index (χ3v) is 4.55. The van der Waals surface area contributed by atoms with Crippen molar-refractivity contribution in [2.75, 3.05) is 6.54 Å². The normalized spacial score (nSPS) is 14.8. The molecule has 4 rings (SSSR count). The van der Waals surface area contributed by atoms with Crippen molar-refractivity contribution in [3.63, 3.8) is 0 Å². The van der Waals surface area contributed by atoms with Crippen molar-refractivity contribution in [3.05, 3.63) is 53.3 Å². The van der Waals surface area contributed by atoms with E-state index in [-0.39, 0.29) is 5.91 Å². The number of fused-ring (bicyclic) bond motifs is 2. The SMILES string of the molecule is Cc1ccc2c(C)c(C(=O)N3CCCn4cncc4C3)oc2c1. The Hall–Kier alpha value is -2.56. The predicted octanol–water partition coefficient (Wildman–Crippen LogP) is 3.29. The number of carbonyl (C=O) groups excluding carboxylic acids is 1. The molecular formula is C18H19N3O2. The lowest BCUT2D eigenvalue weighted by atomic mass is 10.1. The molecule has 0 saturated heterocycles. The lowest BCUT2D eigenvalue weighted by molar-refractivity contribution is 0.0715. The molecule has 1 aromatic carbocycles. The third kappa shape index (κ3) is 2.32. The number of rotatable bonds is 1. The molecule has 0 atom stereocenters. The van der Waals surface area contributed by atoms with Crippen molar-refractivity contribution in [2.24, 2.45) is 0 Å². The fourth-order valence-electron chi connectivity index (χ4n) is 3.24. The molecular weight excluding hydrogens is 290 g/mol. The van der Waals surface area contributed by atoms with Crippen LogP contribution in [0, 0.1) is 13.8 Å². The zero-order valence-electron chi connectivity index (χ0n) is 13.4. The molecule has 0 saturated carbocycles. The molecule has 3 heterocycles. The largest absolute Gasteiger partial charge is 0.451 e. The van der Waals surface area contributed by atoms with Crippen LogP contribution in [0.2, 0.25) is 0 Å². The summed E-state index contributed by atoms with van der Waals surface area (Å²) in [6, 6.07) is 6.05. The van der Waals surface area contributed by atoms with Crippen molar-refractivity contribution in [1.82, 2.24) is 14.5 Å². The highest BCUT2D eigenvalue weighted by atomic mass is 16.3. The number of nitrogens with zero attached hydrogens (tertiary/aromatic N) is 3. The van der Waals surface area contributed by atoms with E-state index in [4.69, 9.17) is 4.42 Å². The molecule has 0 N–H and O–H groups in total. The quantitative estimate of drug-likeness (QED) is 0.693. The number of aryl methyl sites for hydroxylation is 3. The van der Waals surface area contributed by atoms with Gasteiger partial charge in [0.1, 0.15) is 5.58 Å². The highest BCUT2D eigenvalue weighted by Crippen LogP contribution is 2.28. The molecule has 0 fully saturated rings. The van der Waals surface area contributed by atoms with Crippen LogP contribution in [0.25, 0.3) is 11.0 Å². The number of furan rings is 1. The number of imidazole rings is 1. The van der Waals surface area contributed by atoms with E-state index in [1.165, 1.54) is 0 Å². The molecule has 3 aromatic rings. The molecule has 0 spiro atoms. The van der Waals surface area contributed by atoms with Gasteiger partial charge in [-0.25, -0.2) is 4.98 Å². The molecule has 1 aliphatic rings. The van der Waals surface area contributed by atoms with Gasteiger partial charge in [-0.2, -0.15) is 0 Å². The maximum Gasteiger partial charge on any atom is 0.290 e. The van der Waals surface area contributed by atoms with Gasteiger partial charge in [0.2, 0.25) is 0 Å². The minimum atomic E-state index is -0.0361. The zero-order chi connectivity index (χ0) is 16.0. The fraction of sp³-hybridized carbons (Fsp3) is 0.333. The second-order valence-corrected chi connectivity index (χ2v) is 6.21. The zero-order valence-corrected chi connectivity index (χ0v) is 13.4. The Morgan fingerprint density at radius 3 is 3.00 bits per heavy atom. The van der Waals surface area contributed by atoms with Crippen LogP contribution in [-0.2, 0) is 13.1 Å². The highest BCUT2D eigenvalue weighted by Gasteiger charge is 2.25. The molecule has 0 radical (unpaired) electrons. The van der Waals surface area contributed by atoms with Gasteiger partial charge in [0, 0.05) is 30.2 Å². The van der Waals surface area contributed by atoms with E-state index >= 15 is 0 Å². The Morgan fingerprint density at radius 1 is 1.26 bits per heavy atom. The summed E-state index contributed by atoms with van der Waals surface area (Å²) in [5.41, 5.74) is 3.90. The van der Waals surface area contributed by atoms with Gasteiger partial charge in [-0.15, -0.1) is 0 Å². The van der Waals surface area contributed by atoms with Crippen molar-refractivity contribution in [3.8, 4) is 0 Å². The van der Waals surface area contributed by atoms with Crippen molar-refractivity contribution < 1.29 is 9.21 Å². The standard InChI is InChI=1S/C18H19N3O2/c1-12-4-5-15-13(2)17(23-16(15)8-12)18(22)20-6-3-7-21-11-19-9-14(21)10-20/h4-5,8-9,11H,3,6-7,10H2,1-2H3. The summed E-state index contributed by atoms with van der Waals surface area (Å²) in [5, 5.41) is 1.01. The minimum Gasteiger partial charge on any atom is -0.451 e. The van der Waals surface area contributed by atoms with Gasteiger partial charge in [0.05, 0.1) is 18.6 Å². The summed E-state index contributed by atoms with van der Waals surface area (Å²) in [6.07, 6.45) is 4.59. The number of carbonyl (C=O) groups is 1. The second-order valence-electron chi connectivity index (χ2n) is 6.21. The van der Waals surface area contributed by atoms with Crippen LogP contribution >= 0.6 is 0 Å². The minimum absolute atomic E-state index is 0.0361. The Balaban J connectivity index is 1.70. The van der Waals surface area contributed by atoms with Crippen LogP contribution in [0.1, 0.15) is 33.8 Å². The Labute approximate surface area is 134 Å². The molecule has 0 bridgehead atoms. The van der Waals surface area contributed by atoms with Gasteiger partial charge < -0.3 is 13.9 Å². The van der Waals surface area contributed by atoms with Crippen LogP contribution in [0.15, 0.2) is 35.1 Å². The van der Waals surface area contributed by atoms with Gasteiger partial charge in [-0.1, -0.05) is 12.1 Å².